The zero-order chi connectivity index (χ0) is 20.7. The topological polar surface area (TPSA) is 63.7 Å². The molecule has 0 radical (unpaired) electrons. The Morgan fingerprint density at radius 2 is 1.83 bits per heavy atom. The fourth-order valence-corrected chi connectivity index (χ4v) is 4.29. The van der Waals surface area contributed by atoms with Crippen molar-refractivity contribution in [1.82, 2.24) is 29.0 Å². The van der Waals surface area contributed by atoms with Gasteiger partial charge in [-0.1, -0.05) is 0 Å². The van der Waals surface area contributed by atoms with Crippen LogP contribution in [0.15, 0.2) is 42.7 Å². The predicted molar refractivity (Wildman–Crippen MR) is 119 cm³/mol. The Labute approximate surface area is 179 Å². The summed E-state index contributed by atoms with van der Waals surface area (Å²) in [5, 5.41) is 5.95. The molecule has 1 saturated heterocycles. The monoisotopic (exact) mass is 421 g/mol. The summed E-state index contributed by atoms with van der Waals surface area (Å²) in [7, 11) is 1.68. The Morgan fingerprint density at radius 3 is 2.57 bits per heavy atom. The van der Waals surface area contributed by atoms with Gasteiger partial charge in [-0.3, -0.25) is 9.30 Å². The number of piperazine rings is 1. The van der Waals surface area contributed by atoms with E-state index in [1.807, 2.05) is 27.3 Å². The molecule has 4 aromatic rings. The van der Waals surface area contributed by atoms with Crippen LogP contribution in [0.4, 0.5) is 5.95 Å². The highest BCUT2D eigenvalue weighted by molar-refractivity contribution is 7.71. The van der Waals surface area contributed by atoms with Gasteiger partial charge in [-0.15, -0.1) is 0 Å². The summed E-state index contributed by atoms with van der Waals surface area (Å²) in [5.74, 6) is 1.60. The molecule has 0 N–H and O–H groups in total. The number of hydrogen-bond acceptors (Lipinski definition) is 7. The second-order valence-electron chi connectivity index (χ2n) is 7.48. The first-order valence-corrected chi connectivity index (χ1v) is 10.4. The summed E-state index contributed by atoms with van der Waals surface area (Å²) >= 11 is 5.81. The number of hydrogen-bond donors (Lipinski definition) is 0. The first-order chi connectivity index (χ1) is 14.6. The largest absolute Gasteiger partial charge is 0.497 e. The van der Waals surface area contributed by atoms with Crippen molar-refractivity contribution in [2.24, 2.45) is 0 Å². The smallest absolute Gasteiger partial charge is 0.225 e. The highest BCUT2D eigenvalue weighted by Crippen LogP contribution is 2.25. The van der Waals surface area contributed by atoms with Gasteiger partial charge in [0.15, 0.2) is 5.65 Å². The molecule has 8 nitrogen and oxygen atoms in total. The van der Waals surface area contributed by atoms with Gasteiger partial charge in [0.05, 0.1) is 19.3 Å². The Morgan fingerprint density at radius 1 is 1.07 bits per heavy atom. The lowest BCUT2D eigenvalue weighted by molar-refractivity contribution is 0.194. The van der Waals surface area contributed by atoms with Crippen LogP contribution < -0.4 is 9.64 Å². The minimum absolute atomic E-state index is 0.661. The zero-order valence-electron chi connectivity index (χ0n) is 17.0. The number of nitrogens with zero attached hydrogens (tertiary/aromatic N) is 7. The summed E-state index contributed by atoms with van der Waals surface area (Å²) in [6.07, 6.45) is 3.57. The number of pyridine rings is 1. The van der Waals surface area contributed by atoms with Gasteiger partial charge in [0, 0.05) is 50.0 Å². The van der Waals surface area contributed by atoms with E-state index in [4.69, 9.17) is 22.1 Å². The molecule has 0 saturated carbocycles. The van der Waals surface area contributed by atoms with Crippen molar-refractivity contribution in [3.63, 3.8) is 0 Å². The van der Waals surface area contributed by atoms with Crippen LogP contribution in [0.3, 0.4) is 0 Å². The summed E-state index contributed by atoms with van der Waals surface area (Å²) in [5.41, 5.74) is 3.05. The predicted octanol–water partition coefficient (Wildman–Crippen LogP) is 2.91. The van der Waals surface area contributed by atoms with E-state index in [1.54, 1.807) is 19.5 Å². The minimum atomic E-state index is 0.661. The molecule has 30 heavy (non-hydrogen) atoms. The standard InChI is InChI=1S/C21H23N7OS/c1-15-12-19-24-27(21(30)28(19)18-13-16(29-2)4-5-17(15)18)14-25-8-10-26(11-9-25)20-22-6-3-7-23-20/h3-7,12-13H,8-11,14H2,1-2H3. The fourth-order valence-electron chi connectivity index (χ4n) is 4.00. The highest BCUT2D eigenvalue weighted by Gasteiger charge is 2.20. The maximum Gasteiger partial charge on any atom is 0.225 e. The lowest BCUT2D eigenvalue weighted by Crippen LogP contribution is -2.47. The zero-order valence-corrected chi connectivity index (χ0v) is 17.8. The molecular formula is C21H23N7OS. The third kappa shape index (κ3) is 3.29. The maximum atomic E-state index is 5.81. The van der Waals surface area contributed by atoms with E-state index < -0.39 is 0 Å². The van der Waals surface area contributed by atoms with Crippen molar-refractivity contribution in [3.8, 4) is 5.75 Å². The number of ether oxygens (including phenoxy) is 1. The third-order valence-electron chi connectivity index (χ3n) is 5.62. The highest BCUT2D eigenvalue weighted by atomic mass is 32.1. The van der Waals surface area contributed by atoms with Crippen molar-refractivity contribution >= 4 is 34.7 Å². The third-order valence-corrected chi connectivity index (χ3v) is 6.02. The molecule has 0 amide bonds. The summed E-state index contributed by atoms with van der Waals surface area (Å²) in [6, 6.07) is 10.0. The van der Waals surface area contributed by atoms with E-state index in [0.717, 1.165) is 54.4 Å². The average molecular weight is 422 g/mol. The molecule has 0 bridgehead atoms. The van der Waals surface area contributed by atoms with Gasteiger partial charge in [-0.25, -0.2) is 14.6 Å². The fraction of sp³-hybridized carbons (Fsp3) is 0.333. The number of rotatable bonds is 4. The van der Waals surface area contributed by atoms with Gasteiger partial charge in [0.25, 0.3) is 0 Å². The molecule has 5 rings (SSSR count). The second-order valence-corrected chi connectivity index (χ2v) is 7.85. The van der Waals surface area contributed by atoms with E-state index >= 15 is 0 Å². The van der Waals surface area contributed by atoms with Gasteiger partial charge >= 0.3 is 0 Å². The Balaban J connectivity index is 1.42. The number of methoxy groups -OCH3 is 1. The molecule has 1 aliphatic rings. The molecule has 1 fully saturated rings. The van der Waals surface area contributed by atoms with Crippen molar-refractivity contribution in [2.75, 3.05) is 38.2 Å². The summed E-state index contributed by atoms with van der Waals surface area (Å²) in [6.45, 7) is 6.33. The van der Waals surface area contributed by atoms with Crippen LogP contribution >= 0.6 is 12.2 Å². The van der Waals surface area contributed by atoms with Gasteiger partial charge in [0.1, 0.15) is 5.75 Å². The SMILES string of the molecule is COc1ccc2c(C)cc3nn(CN4CCN(c5ncccn5)CC4)c(=S)n3c2c1. The number of aromatic nitrogens is 5. The number of benzene rings is 1. The van der Waals surface area contributed by atoms with Gasteiger partial charge in [0.2, 0.25) is 10.7 Å². The Bertz CT molecular complexity index is 1260. The van der Waals surface area contributed by atoms with Gasteiger partial charge < -0.3 is 9.64 Å². The van der Waals surface area contributed by atoms with E-state index in [0.29, 0.717) is 11.4 Å². The van der Waals surface area contributed by atoms with Crippen molar-refractivity contribution < 1.29 is 4.74 Å². The lowest BCUT2D eigenvalue weighted by Gasteiger charge is -2.34. The van der Waals surface area contributed by atoms with E-state index in [2.05, 4.69) is 38.8 Å². The van der Waals surface area contributed by atoms with Crippen molar-refractivity contribution in [1.29, 1.82) is 0 Å². The molecule has 0 spiro atoms. The molecule has 1 aliphatic heterocycles. The van der Waals surface area contributed by atoms with E-state index in [-0.39, 0.29) is 0 Å². The van der Waals surface area contributed by atoms with Crippen LogP contribution in [0, 0.1) is 11.7 Å². The Kier molecular flexibility index (Phi) is 4.84. The molecule has 1 aromatic carbocycles. The van der Waals surface area contributed by atoms with Crippen molar-refractivity contribution in [2.45, 2.75) is 13.6 Å². The van der Waals surface area contributed by atoms with Crippen LogP contribution in [-0.2, 0) is 6.67 Å². The molecule has 0 aliphatic carbocycles. The summed E-state index contributed by atoms with van der Waals surface area (Å²) < 4.78 is 10.1. The quantitative estimate of drug-likeness (QED) is 0.470. The molecule has 3 aromatic heterocycles. The number of fused-ring (bicyclic) bond motifs is 3. The van der Waals surface area contributed by atoms with Crippen LogP contribution in [0.2, 0.25) is 0 Å². The van der Waals surface area contributed by atoms with E-state index in [9.17, 15) is 0 Å². The van der Waals surface area contributed by atoms with Gasteiger partial charge in [-0.05, 0) is 49.0 Å². The maximum absolute atomic E-state index is 5.81. The lowest BCUT2D eigenvalue weighted by atomic mass is 10.1. The molecule has 154 valence electrons. The van der Waals surface area contributed by atoms with Crippen LogP contribution in [0.25, 0.3) is 16.6 Å². The molecule has 0 unspecified atom stereocenters. The average Bonchev–Trinajstić information content (AvgIpc) is 3.09. The summed E-state index contributed by atoms with van der Waals surface area (Å²) in [4.78, 5) is 13.3. The van der Waals surface area contributed by atoms with E-state index in [1.165, 1.54) is 5.56 Å². The molecule has 9 heteroatoms. The molecule has 0 atom stereocenters. The minimum Gasteiger partial charge on any atom is -0.497 e. The molecule has 4 heterocycles. The number of aryl methyl sites for hydroxylation is 1. The molecular weight excluding hydrogens is 398 g/mol. The number of anilines is 1. The first-order valence-electron chi connectivity index (χ1n) is 9.95. The first kappa shape index (κ1) is 19.0. The van der Waals surface area contributed by atoms with Gasteiger partial charge in [-0.2, -0.15) is 5.10 Å². The van der Waals surface area contributed by atoms with Crippen molar-refractivity contribution in [3.05, 3.63) is 53.1 Å². The van der Waals surface area contributed by atoms with Crippen LogP contribution in [-0.4, -0.2) is 62.3 Å². The normalized spacial score (nSPS) is 15.2. The van der Waals surface area contributed by atoms with Crippen LogP contribution in [0.1, 0.15) is 5.56 Å². The Hall–Kier alpha value is -3.04. The van der Waals surface area contributed by atoms with Crippen LogP contribution in [0.5, 0.6) is 5.75 Å². The second kappa shape index (κ2) is 7.66.